The van der Waals surface area contributed by atoms with Crippen LogP contribution in [0.4, 0.5) is 13.2 Å². The molecule has 7 heteroatoms. The molecule has 0 fully saturated rings. The lowest BCUT2D eigenvalue weighted by atomic mass is 10.1. The zero-order chi connectivity index (χ0) is 19.7. The molecule has 2 aromatic heterocycles. The van der Waals surface area contributed by atoms with E-state index in [9.17, 15) is 18.0 Å². The van der Waals surface area contributed by atoms with Gasteiger partial charge in [0.05, 0.1) is 22.7 Å². The van der Waals surface area contributed by atoms with Gasteiger partial charge in [0.15, 0.2) is 0 Å². The molecule has 0 radical (unpaired) electrons. The number of fused-ring (bicyclic) bond motifs is 1. The van der Waals surface area contributed by atoms with Crippen molar-refractivity contribution in [1.29, 1.82) is 0 Å². The summed E-state index contributed by atoms with van der Waals surface area (Å²) in [6.45, 7) is 0. The normalized spacial score (nSPS) is 12.1. The highest BCUT2D eigenvalue weighted by Gasteiger charge is 2.30. The van der Waals surface area contributed by atoms with Crippen LogP contribution in [0.25, 0.3) is 28.7 Å². The van der Waals surface area contributed by atoms with Gasteiger partial charge in [0.1, 0.15) is 11.6 Å². The minimum atomic E-state index is -4.48. The summed E-state index contributed by atoms with van der Waals surface area (Å²) in [4.78, 5) is 16.5. The highest BCUT2D eigenvalue weighted by molar-refractivity contribution is 5.82. The molecule has 4 aromatic rings. The molecule has 0 unspecified atom stereocenters. The second-order valence-electron chi connectivity index (χ2n) is 6.02. The smallest absolute Gasteiger partial charge is 0.416 e. The molecule has 0 amide bonds. The fourth-order valence-electron chi connectivity index (χ4n) is 2.93. The van der Waals surface area contributed by atoms with Crippen molar-refractivity contribution in [3.05, 3.63) is 94.4 Å². The van der Waals surface area contributed by atoms with E-state index in [2.05, 4.69) is 4.98 Å². The van der Waals surface area contributed by atoms with Crippen LogP contribution in [-0.2, 0) is 6.18 Å². The number of halogens is 3. The first-order chi connectivity index (χ1) is 13.4. The zero-order valence-corrected chi connectivity index (χ0v) is 14.4. The third-order valence-corrected chi connectivity index (χ3v) is 4.19. The maximum Gasteiger partial charge on any atom is 0.416 e. The lowest BCUT2D eigenvalue weighted by Crippen LogP contribution is -2.16. The van der Waals surface area contributed by atoms with E-state index in [0.717, 1.165) is 12.1 Å². The van der Waals surface area contributed by atoms with Gasteiger partial charge >= 0.3 is 6.18 Å². The summed E-state index contributed by atoms with van der Waals surface area (Å²) in [5.41, 5.74) is -0.537. The van der Waals surface area contributed by atoms with E-state index in [0.29, 0.717) is 16.7 Å². The van der Waals surface area contributed by atoms with Gasteiger partial charge in [-0.15, -0.1) is 0 Å². The van der Waals surface area contributed by atoms with Crippen LogP contribution in [0.3, 0.4) is 0 Å². The molecular formula is C21H13F3N2O2. The fourth-order valence-corrected chi connectivity index (χ4v) is 2.93. The molecule has 0 aliphatic carbocycles. The molecule has 0 saturated carbocycles. The number of aromatic nitrogens is 2. The number of hydrogen-bond donors (Lipinski definition) is 0. The molecule has 0 spiro atoms. The number of benzene rings is 2. The van der Waals surface area contributed by atoms with Crippen molar-refractivity contribution in [3.8, 4) is 5.69 Å². The lowest BCUT2D eigenvalue weighted by molar-refractivity contribution is -0.137. The third-order valence-electron chi connectivity index (χ3n) is 4.19. The molecule has 140 valence electrons. The zero-order valence-electron chi connectivity index (χ0n) is 14.4. The van der Waals surface area contributed by atoms with Crippen LogP contribution in [0.1, 0.15) is 17.1 Å². The van der Waals surface area contributed by atoms with Crippen LogP contribution in [0.5, 0.6) is 0 Å². The molecule has 4 nitrogen and oxygen atoms in total. The van der Waals surface area contributed by atoms with Gasteiger partial charge in [0.2, 0.25) is 0 Å². The number of alkyl halides is 3. The summed E-state index contributed by atoms with van der Waals surface area (Å²) in [5.74, 6) is 0.720. The fraction of sp³-hybridized carbons (Fsp3) is 0.0476. The topological polar surface area (TPSA) is 48.0 Å². The summed E-state index contributed by atoms with van der Waals surface area (Å²) >= 11 is 0. The molecule has 0 bridgehead atoms. The van der Waals surface area contributed by atoms with Crippen molar-refractivity contribution in [3.63, 3.8) is 0 Å². The molecule has 2 heterocycles. The van der Waals surface area contributed by atoms with Gasteiger partial charge in [-0.1, -0.05) is 18.2 Å². The van der Waals surface area contributed by atoms with Gasteiger partial charge < -0.3 is 4.42 Å². The monoisotopic (exact) mass is 382 g/mol. The number of hydrogen-bond acceptors (Lipinski definition) is 3. The van der Waals surface area contributed by atoms with Gasteiger partial charge in [-0.25, -0.2) is 0 Å². The van der Waals surface area contributed by atoms with Crippen LogP contribution < -0.4 is 5.56 Å². The van der Waals surface area contributed by atoms with E-state index < -0.39 is 17.3 Å². The average Bonchev–Trinajstić information content (AvgIpc) is 3.20. The van der Waals surface area contributed by atoms with Gasteiger partial charge in [-0.05, 0) is 54.6 Å². The predicted octanol–water partition coefficient (Wildman–Crippen LogP) is 5.17. The number of nitrogens with zero attached hydrogens (tertiary/aromatic N) is 2. The summed E-state index contributed by atoms with van der Waals surface area (Å²) in [5, 5.41) is 0.315. The minimum absolute atomic E-state index is 0.194. The standard InChI is InChI=1S/C21H13F3N2O2/c22-21(23,24)14-5-3-6-15(13-14)26-18-9-2-1-8-17(18)20(27)25-19(26)11-10-16-7-4-12-28-16/h1-13H. The van der Waals surface area contributed by atoms with Crippen LogP contribution in [0.15, 0.2) is 76.1 Å². The van der Waals surface area contributed by atoms with Crippen molar-refractivity contribution < 1.29 is 17.6 Å². The van der Waals surface area contributed by atoms with Gasteiger partial charge in [-0.2, -0.15) is 18.2 Å². The first kappa shape index (κ1) is 17.8. The summed E-state index contributed by atoms with van der Waals surface area (Å²) in [6.07, 6.45) is 0.142. The molecule has 0 saturated heterocycles. The molecule has 28 heavy (non-hydrogen) atoms. The Balaban J connectivity index is 1.99. The Kier molecular flexibility index (Phi) is 4.35. The van der Waals surface area contributed by atoms with Crippen LogP contribution in [-0.4, -0.2) is 9.55 Å². The van der Waals surface area contributed by atoms with Gasteiger partial charge in [0, 0.05) is 5.69 Å². The van der Waals surface area contributed by atoms with E-state index >= 15 is 0 Å². The second kappa shape index (κ2) is 6.84. The maximum absolute atomic E-state index is 13.2. The molecule has 0 N–H and O–H groups in total. The van der Waals surface area contributed by atoms with Crippen LogP contribution in [0.2, 0.25) is 0 Å². The van der Waals surface area contributed by atoms with Crippen molar-refractivity contribution in [1.82, 2.24) is 9.55 Å². The van der Waals surface area contributed by atoms with Crippen LogP contribution in [0, 0.1) is 0 Å². The van der Waals surface area contributed by atoms with Crippen LogP contribution >= 0.6 is 0 Å². The Labute approximate surface area is 157 Å². The maximum atomic E-state index is 13.2. The quantitative estimate of drug-likeness (QED) is 0.491. The number of rotatable bonds is 3. The van der Waals surface area contributed by atoms with Crippen molar-refractivity contribution in [2.75, 3.05) is 0 Å². The Hall–Kier alpha value is -3.61. The molecule has 4 rings (SSSR count). The SMILES string of the molecule is O=c1nc(C=Cc2ccco2)n(-c2cccc(C(F)(F)F)c2)c2ccccc12. The van der Waals surface area contributed by atoms with Crippen molar-refractivity contribution in [2.24, 2.45) is 0 Å². The lowest BCUT2D eigenvalue weighted by Gasteiger charge is -2.16. The minimum Gasteiger partial charge on any atom is -0.465 e. The predicted molar refractivity (Wildman–Crippen MR) is 100.0 cm³/mol. The molecular weight excluding hydrogens is 369 g/mol. The summed E-state index contributed by atoms with van der Waals surface area (Å²) < 4.78 is 46.3. The number of furan rings is 1. The van der Waals surface area contributed by atoms with E-state index in [1.165, 1.54) is 29.0 Å². The molecule has 0 aliphatic heterocycles. The summed E-state index contributed by atoms with van der Waals surface area (Å²) in [6, 6.07) is 15.0. The first-order valence-electron chi connectivity index (χ1n) is 8.34. The van der Waals surface area contributed by atoms with Crippen molar-refractivity contribution >= 4 is 23.1 Å². The third kappa shape index (κ3) is 3.34. The molecule has 0 atom stereocenters. The summed E-state index contributed by atoms with van der Waals surface area (Å²) in [7, 11) is 0. The molecule has 0 aliphatic rings. The van der Waals surface area contributed by atoms with E-state index in [1.54, 1.807) is 42.5 Å². The Morgan fingerprint density at radius 3 is 2.54 bits per heavy atom. The van der Waals surface area contributed by atoms with Crippen molar-refractivity contribution in [2.45, 2.75) is 6.18 Å². The Morgan fingerprint density at radius 2 is 1.79 bits per heavy atom. The van der Waals surface area contributed by atoms with E-state index in [1.807, 2.05) is 0 Å². The Bertz CT molecular complexity index is 1220. The largest absolute Gasteiger partial charge is 0.465 e. The van der Waals surface area contributed by atoms with E-state index in [-0.39, 0.29) is 11.5 Å². The highest BCUT2D eigenvalue weighted by Crippen LogP contribution is 2.31. The number of para-hydroxylation sites is 1. The molecule has 2 aromatic carbocycles. The Morgan fingerprint density at radius 1 is 0.964 bits per heavy atom. The highest BCUT2D eigenvalue weighted by atomic mass is 19.4. The average molecular weight is 382 g/mol. The second-order valence-corrected chi connectivity index (χ2v) is 6.02. The van der Waals surface area contributed by atoms with Gasteiger partial charge in [0.25, 0.3) is 5.56 Å². The first-order valence-corrected chi connectivity index (χ1v) is 8.34. The van der Waals surface area contributed by atoms with E-state index in [4.69, 9.17) is 4.42 Å². The van der Waals surface area contributed by atoms with Gasteiger partial charge in [-0.3, -0.25) is 9.36 Å².